The van der Waals surface area contributed by atoms with Crippen molar-refractivity contribution >= 4 is 34.2 Å². The summed E-state index contributed by atoms with van der Waals surface area (Å²) in [6.45, 7) is -3.00. The van der Waals surface area contributed by atoms with E-state index in [1.807, 2.05) is 6.07 Å². The summed E-state index contributed by atoms with van der Waals surface area (Å²) in [6, 6.07) is 11.3. The minimum Gasteiger partial charge on any atom is -0.493 e. The third kappa shape index (κ3) is 4.30. The minimum absolute atomic E-state index is 0.131. The second kappa shape index (κ2) is 7.39. The summed E-state index contributed by atoms with van der Waals surface area (Å²) in [6.07, 6.45) is 0. The van der Waals surface area contributed by atoms with Crippen LogP contribution in [0.5, 0.6) is 11.5 Å². The summed E-state index contributed by atoms with van der Waals surface area (Å²) >= 11 is 2.12. The summed E-state index contributed by atoms with van der Waals surface area (Å²) in [5, 5.41) is 2.69. The maximum atomic E-state index is 12.4. The van der Waals surface area contributed by atoms with E-state index in [9.17, 15) is 13.6 Å². The molecule has 0 saturated heterocycles. The van der Waals surface area contributed by atoms with Crippen molar-refractivity contribution in [3.63, 3.8) is 0 Å². The molecule has 0 heterocycles. The van der Waals surface area contributed by atoms with E-state index in [1.165, 1.54) is 25.3 Å². The average molecular weight is 419 g/mol. The molecule has 0 spiro atoms. The first-order valence-electron chi connectivity index (χ1n) is 6.19. The molecule has 0 saturated carbocycles. The van der Waals surface area contributed by atoms with Crippen molar-refractivity contribution in [3.05, 3.63) is 51.6 Å². The van der Waals surface area contributed by atoms with E-state index in [4.69, 9.17) is 4.74 Å². The lowest BCUT2D eigenvalue weighted by Gasteiger charge is -2.11. The van der Waals surface area contributed by atoms with Crippen LogP contribution in [-0.2, 0) is 0 Å². The summed E-state index contributed by atoms with van der Waals surface area (Å²) in [4.78, 5) is 12.2. The van der Waals surface area contributed by atoms with E-state index in [1.54, 1.807) is 18.2 Å². The van der Waals surface area contributed by atoms with E-state index in [0.717, 1.165) is 3.57 Å². The van der Waals surface area contributed by atoms with Crippen LogP contribution in [0.4, 0.5) is 14.5 Å². The number of methoxy groups -OCH3 is 1. The Hall–Kier alpha value is -1.90. The Bertz CT molecular complexity index is 680. The van der Waals surface area contributed by atoms with Crippen molar-refractivity contribution in [1.82, 2.24) is 0 Å². The number of alkyl halides is 2. The monoisotopic (exact) mass is 419 g/mol. The quantitative estimate of drug-likeness (QED) is 0.741. The number of benzene rings is 2. The van der Waals surface area contributed by atoms with E-state index in [-0.39, 0.29) is 17.1 Å². The van der Waals surface area contributed by atoms with E-state index in [0.29, 0.717) is 5.69 Å². The molecule has 0 fully saturated rings. The molecule has 2 rings (SSSR count). The molecule has 4 nitrogen and oxygen atoms in total. The molecule has 1 amide bonds. The molecule has 0 bridgehead atoms. The van der Waals surface area contributed by atoms with Crippen LogP contribution in [0, 0.1) is 3.57 Å². The Labute approximate surface area is 139 Å². The SMILES string of the molecule is COc1ccc(C(=O)Nc2cccc(I)c2)cc1OC(F)F. The van der Waals surface area contributed by atoms with Gasteiger partial charge in [0, 0.05) is 14.8 Å². The molecule has 0 aliphatic heterocycles. The lowest BCUT2D eigenvalue weighted by molar-refractivity contribution is -0.0512. The van der Waals surface area contributed by atoms with Crippen molar-refractivity contribution in [2.24, 2.45) is 0 Å². The molecule has 2 aromatic carbocycles. The number of nitrogens with one attached hydrogen (secondary N) is 1. The van der Waals surface area contributed by atoms with E-state index in [2.05, 4.69) is 32.6 Å². The maximum Gasteiger partial charge on any atom is 0.387 e. The number of anilines is 1. The van der Waals surface area contributed by atoms with Crippen LogP contribution < -0.4 is 14.8 Å². The molecule has 116 valence electrons. The molecular weight excluding hydrogens is 407 g/mol. The molecule has 1 N–H and O–H groups in total. The van der Waals surface area contributed by atoms with Crippen LogP contribution >= 0.6 is 22.6 Å². The van der Waals surface area contributed by atoms with Gasteiger partial charge in [0.2, 0.25) is 0 Å². The standard InChI is InChI=1S/C15H12F2INO3/c1-21-12-6-5-9(7-13(12)22-15(16)17)14(20)19-11-4-2-3-10(18)8-11/h2-8,15H,1H3,(H,19,20). The smallest absolute Gasteiger partial charge is 0.387 e. The molecular formula is C15H12F2INO3. The van der Waals surface area contributed by atoms with Gasteiger partial charge in [0.15, 0.2) is 11.5 Å². The highest BCUT2D eigenvalue weighted by Gasteiger charge is 2.14. The van der Waals surface area contributed by atoms with Gasteiger partial charge in [-0.05, 0) is 59.0 Å². The Morgan fingerprint density at radius 2 is 1.95 bits per heavy atom. The lowest BCUT2D eigenvalue weighted by atomic mass is 10.2. The van der Waals surface area contributed by atoms with Crippen LogP contribution in [0.15, 0.2) is 42.5 Å². The molecule has 0 aliphatic carbocycles. The fraction of sp³-hybridized carbons (Fsp3) is 0.133. The van der Waals surface area contributed by atoms with Crippen molar-refractivity contribution in [1.29, 1.82) is 0 Å². The van der Waals surface area contributed by atoms with Gasteiger partial charge >= 0.3 is 6.61 Å². The zero-order chi connectivity index (χ0) is 16.1. The summed E-state index contributed by atoms with van der Waals surface area (Å²) in [5.41, 5.74) is 0.805. The first kappa shape index (κ1) is 16.5. The highest BCUT2D eigenvalue weighted by atomic mass is 127. The summed E-state index contributed by atoms with van der Waals surface area (Å²) in [5.74, 6) is -0.484. The number of hydrogen-bond acceptors (Lipinski definition) is 3. The highest BCUT2D eigenvalue weighted by Crippen LogP contribution is 2.29. The van der Waals surface area contributed by atoms with Gasteiger partial charge in [-0.15, -0.1) is 0 Å². The van der Waals surface area contributed by atoms with Crippen LogP contribution in [0.25, 0.3) is 0 Å². The zero-order valence-electron chi connectivity index (χ0n) is 11.5. The normalized spacial score (nSPS) is 10.4. The number of hydrogen-bond donors (Lipinski definition) is 1. The van der Waals surface area contributed by atoms with Crippen LogP contribution in [-0.4, -0.2) is 19.6 Å². The minimum atomic E-state index is -3.00. The molecule has 22 heavy (non-hydrogen) atoms. The second-order valence-electron chi connectivity index (χ2n) is 4.21. The molecule has 0 atom stereocenters. The molecule has 0 radical (unpaired) electrons. The summed E-state index contributed by atoms with van der Waals surface area (Å²) < 4.78 is 35.0. The molecule has 0 unspecified atom stereocenters. The van der Waals surface area contributed by atoms with Gasteiger partial charge in [-0.1, -0.05) is 6.07 Å². The highest BCUT2D eigenvalue weighted by molar-refractivity contribution is 14.1. The van der Waals surface area contributed by atoms with Gasteiger partial charge in [0.1, 0.15) is 0 Å². The Morgan fingerprint density at radius 3 is 2.59 bits per heavy atom. The van der Waals surface area contributed by atoms with E-state index >= 15 is 0 Å². The molecule has 0 aromatic heterocycles. The Morgan fingerprint density at radius 1 is 1.18 bits per heavy atom. The fourth-order valence-electron chi connectivity index (χ4n) is 1.78. The van der Waals surface area contributed by atoms with Gasteiger partial charge in [0.25, 0.3) is 5.91 Å². The molecule has 2 aromatic rings. The van der Waals surface area contributed by atoms with Gasteiger partial charge in [0.05, 0.1) is 7.11 Å². The van der Waals surface area contributed by atoms with Gasteiger partial charge in [-0.3, -0.25) is 4.79 Å². The van der Waals surface area contributed by atoms with Gasteiger partial charge in [-0.25, -0.2) is 0 Å². The predicted octanol–water partition coefficient (Wildman–Crippen LogP) is 4.15. The predicted molar refractivity (Wildman–Crippen MR) is 86.7 cm³/mol. The number of carbonyl (C=O) groups is 1. The third-order valence-corrected chi connectivity index (χ3v) is 3.40. The Balaban J connectivity index is 2.22. The van der Waals surface area contributed by atoms with Gasteiger partial charge in [-0.2, -0.15) is 8.78 Å². The number of halogens is 3. The number of carbonyl (C=O) groups excluding carboxylic acids is 1. The first-order chi connectivity index (χ1) is 10.5. The van der Waals surface area contributed by atoms with Crippen LogP contribution in [0.1, 0.15) is 10.4 Å². The molecule has 0 aliphatic rings. The fourth-order valence-corrected chi connectivity index (χ4v) is 2.32. The van der Waals surface area contributed by atoms with Crippen LogP contribution in [0.3, 0.4) is 0 Å². The third-order valence-electron chi connectivity index (χ3n) is 2.72. The zero-order valence-corrected chi connectivity index (χ0v) is 13.6. The van der Waals surface area contributed by atoms with Crippen molar-refractivity contribution in [2.45, 2.75) is 6.61 Å². The van der Waals surface area contributed by atoms with Crippen molar-refractivity contribution in [2.75, 3.05) is 12.4 Å². The van der Waals surface area contributed by atoms with Gasteiger partial charge < -0.3 is 14.8 Å². The number of amides is 1. The maximum absolute atomic E-state index is 12.4. The largest absolute Gasteiger partial charge is 0.493 e. The van der Waals surface area contributed by atoms with Crippen LogP contribution in [0.2, 0.25) is 0 Å². The first-order valence-corrected chi connectivity index (χ1v) is 7.27. The van der Waals surface area contributed by atoms with Crippen molar-refractivity contribution in [3.8, 4) is 11.5 Å². The average Bonchev–Trinajstić information content (AvgIpc) is 2.46. The van der Waals surface area contributed by atoms with E-state index < -0.39 is 12.5 Å². The second-order valence-corrected chi connectivity index (χ2v) is 5.45. The molecule has 7 heteroatoms. The Kier molecular flexibility index (Phi) is 5.53. The topological polar surface area (TPSA) is 47.6 Å². The summed E-state index contributed by atoms with van der Waals surface area (Å²) in [7, 11) is 1.33. The number of ether oxygens (including phenoxy) is 2. The van der Waals surface area contributed by atoms with Crippen molar-refractivity contribution < 1.29 is 23.0 Å². The number of rotatable bonds is 5. The lowest BCUT2D eigenvalue weighted by Crippen LogP contribution is -2.13.